The van der Waals surface area contributed by atoms with Gasteiger partial charge in [0.05, 0.1) is 11.8 Å². The zero-order valence-electron chi connectivity index (χ0n) is 9.30. The van der Waals surface area contributed by atoms with Gasteiger partial charge in [-0.3, -0.25) is 0 Å². The maximum absolute atomic E-state index is 13.4. The fraction of sp³-hybridized carbons (Fsp3) is 0.500. The molecule has 2 atom stereocenters. The van der Waals surface area contributed by atoms with Crippen molar-refractivity contribution in [1.82, 2.24) is 0 Å². The van der Waals surface area contributed by atoms with Crippen LogP contribution in [-0.2, 0) is 0 Å². The molecule has 0 aliphatic heterocycles. The average molecular weight is 227 g/mol. The molecule has 2 unspecified atom stereocenters. The number of hydrogen-bond acceptors (Lipinski definition) is 2. The fourth-order valence-corrected chi connectivity index (χ4v) is 1.95. The molecule has 0 heterocycles. The van der Waals surface area contributed by atoms with Crippen molar-refractivity contribution >= 4 is 5.69 Å². The maximum Gasteiger partial charge on any atom is 0.181 e. The zero-order valence-corrected chi connectivity index (χ0v) is 9.30. The van der Waals surface area contributed by atoms with Crippen molar-refractivity contribution in [2.45, 2.75) is 32.4 Å². The van der Waals surface area contributed by atoms with Crippen LogP contribution in [0.1, 0.15) is 20.3 Å². The Morgan fingerprint density at radius 1 is 1.38 bits per heavy atom. The number of hydrogen-bond donors (Lipinski definition) is 2. The molecule has 1 aliphatic carbocycles. The van der Waals surface area contributed by atoms with Gasteiger partial charge in [0.1, 0.15) is 0 Å². The molecule has 0 radical (unpaired) electrons. The van der Waals surface area contributed by atoms with Crippen LogP contribution in [0.5, 0.6) is 0 Å². The Labute approximate surface area is 93.3 Å². The molecule has 2 rings (SSSR count). The lowest BCUT2D eigenvalue weighted by molar-refractivity contribution is -0.0511. The van der Waals surface area contributed by atoms with Crippen LogP contribution in [0.4, 0.5) is 14.5 Å². The molecular formula is C12H15F2NO. The molecule has 0 saturated heterocycles. The standard InChI is InChI=1S/C12H15F2NO/c1-12(2)9(6-10(12)16)15-8-5-3-4-7(13)11(8)14/h3-5,9-10,15-16H,6H2,1-2H3. The van der Waals surface area contributed by atoms with Crippen molar-refractivity contribution in [3.8, 4) is 0 Å². The van der Waals surface area contributed by atoms with Crippen LogP contribution in [0.25, 0.3) is 0 Å². The number of halogens is 2. The highest BCUT2D eigenvalue weighted by Crippen LogP contribution is 2.42. The first kappa shape index (κ1) is 11.3. The van der Waals surface area contributed by atoms with Crippen molar-refractivity contribution in [1.29, 1.82) is 0 Å². The van der Waals surface area contributed by atoms with E-state index < -0.39 is 11.6 Å². The third-order valence-corrected chi connectivity index (χ3v) is 3.50. The zero-order chi connectivity index (χ0) is 11.9. The molecule has 1 fully saturated rings. The number of rotatable bonds is 2. The number of aliphatic hydroxyl groups excluding tert-OH is 1. The van der Waals surface area contributed by atoms with Crippen molar-refractivity contribution in [3.05, 3.63) is 29.8 Å². The molecule has 16 heavy (non-hydrogen) atoms. The predicted molar refractivity (Wildman–Crippen MR) is 58.2 cm³/mol. The summed E-state index contributed by atoms with van der Waals surface area (Å²) in [5, 5.41) is 12.5. The van der Waals surface area contributed by atoms with E-state index in [4.69, 9.17) is 0 Å². The van der Waals surface area contributed by atoms with Gasteiger partial charge in [-0.05, 0) is 18.6 Å². The third kappa shape index (κ3) is 1.67. The van der Waals surface area contributed by atoms with Gasteiger partial charge in [0, 0.05) is 11.5 Å². The first-order valence-corrected chi connectivity index (χ1v) is 5.31. The van der Waals surface area contributed by atoms with Gasteiger partial charge in [-0.2, -0.15) is 0 Å². The van der Waals surface area contributed by atoms with E-state index in [2.05, 4.69) is 5.32 Å². The maximum atomic E-state index is 13.4. The third-order valence-electron chi connectivity index (χ3n) is 3.50. The summed E-state index contributed by atoms with van der Waals surface area (Å²) in [4.78, 5) is 0. The van der Waals surface area contributed by atoms with Gasteiger partial charge >= 0.3 is 0 Å². The molecule has 2 nitrogen and oxygen atoms in total. The van der Waals surface area contributed by atoms with Crippen LogP contribution in [0.15, 0.2) is 18.2 Å². The molecule has 2 N–H and O–H groups in total. The minimum Gasteiger partial charge on any atom is -0.392 e. The summed E-state index contributed by atoms with van der Waals surface area (Å²) < 4.78 is 26.3. The highest BCUT2D eigenvalue weighted by Gasteiger charge is 2.47. The monoisotopic (exact) mass is 227 g/mol. The van der Waals surface area contributed by atoms with Crippen LogP contribution in [0.2, 0.25) is 0 Å². The molecule has 1 aromatic carbocycles. The van der Waals surface area contributed by atoms with Gasteiger partial charge in [-0.1, -0.05) is 19.9 Å². The van der Waals surface area contributed by atoms with E-state index in [9.17, 15) is 13.9 Å². The Kier molecular flexibility index (Phi) is 2.62. The summed E-state index contributed by atoms with van der Waals surface area (Å²) in [7, 11) is 0. The summed E-state index contributed by atoms with van der Waals surface area (Å²) in [6, 6.07) is 4.02. The van der Waals surface area contributed by atoms with Crippen LogP contribution >= 0.6 is 0 Å². The van der Waals surface area contributed by atoms with Crippen LogP contribution in [0, 0.1) is 17.0 Å². The normalized spacial score (nSPS) is 27.3. The lowest BCUT2D eigenvalue weighted by atomic mass is 9.64. The second kappa shape index (κ2) is 3.70. The Morgan fingerprint density at radius 2 is 2.06 bits per heavy atom. The van der Waals surface area contributed by atoms with Crippen molar-refractivity contribution < 1.29 is 13.9 Å². The summed E-state index contributed by atoms with van der Waals surface area (Å²) in [6.45, 7) is 3.80. The summed E-state index contributed by atoms with van der Waals surface area (Å²) >= 11 is 0. The van der Waals surface area contributed by atoms with E-state index in [0.717, 1.165) is 6.07 Å². The SMILES string of the molecule is CC1(C)C(O)CC1Nc1cccc(F)c1F. The van der Waals surface area contributed by atoms with Crippen molar-refractivity contribution in [2.75, 3.05) is 5.32 Å². The highest BCUT2D eigenvalue weighted by atomic mass is 19.2. The van der Waals surface area contributed by atoms with E-state index in [0.29, 0.717) is 6.42 Å². The molecule has 0 amide bonds. The molecule has 1 aromatic rings. The average Bonchev–Trinajstić information content (AvgIpc) is 2.24. The molecule has 0 bridgehead atoms. The largest absolute Gasteiger partial charge is 0.392 e. The fourth-order valence-electron chi connectivity index (χ4n) is 1.95. The topological polar surface area (TPSA) is 32.3 Å². The van der Waals surface area contributed by atoms with Crippen molar-refractivity contribution in [2.24, 2.45) is 5.41 Å². The van der Waals surface area contributed by atoms with Crippen LogP contribution in [0.3, 0.4) is 0 Å². The van der Waals surface area contributed by atoms with E-state index in [-0.39, 0.29) is 23.2 Å². The highest BCUT2D eigenvalue weighted by molar-refractivity contribution is 5.47. The minimum absolute atomic E-state index is 0.0289. The summed E-state index contributed by atoms with van der Waals surface area (Å²) in [6.07, 6.45) is 0.171. The van der Waals surface area contributed by atoms with E-state index in [1.165, 1.54) is 12.1 Å². The smallest absolute Gasteiger partial charge is 0.181 e. The lowest BCUT2D eigenvalue weighted by Gasteiger charge is -2.49. The summed E-state index contributed by atoms with van der Waals surface area (Å²) in [5.41, 5.74) is -0.149. The summed E-state index contributed by atoms with van der Waals surface area (Å²) in [5.74, 6) is -1.72. The molecule has 4 heteroatoms. The van der Waals surface area contributed by atoms with Gasteiger partial charge in [-0.15, -0.1) is 0 Å². The number of nitrogens with one attached hydrogen (secondary N) is 1. The second-order valence-corrected chi connectivity index (χ2v) is 4.87. The van der Waals surface area contributed by atoms with Gasteiger partial charge in [0.15, 0.2) is 11.6 Å². The predicted octanol–water partition coefficient (Wildman–Crippen LogP) is 2.54. The first-order chi connectivity index (χ1) is 7.43. The number of anilines is 1. The number of benzene rings is 1. The Morgan fingerprint density at radius 3 is 2.62 bits per heavy atom. The molecular weight excluding hydrogens is 212 g/mol. The van der Waals surface area contributed by atoms with Gasteiger partial charge in [-0.25, -0.2) is 8.78 Å². The molecule has 0 spiro atoms. The quantitative estimate of drug-likeness (QED) is 0.813. The molecule has 0 aromatic heterocycles. The van der Waals surface area contributed by atoms with Gasteiger partial charge < -0.3 is 10.4 Å². The first-order valence-electron chi connectivity index (χ1n) is 5.31. The Bertz CT molecular complexity index is 406. The van der Waals surface area contributed by atoms with Crippen LogP contribution in [-0.4, -0.2) is 17.3 Å². The van der Waals surface area contributed by atoms with Crippen molar-refractivity contribution in [3.63, 3.8) is 0 Å². The number of aliphatic hydroxyl groups is 1. The Balaban J connectivity index is 2.14. The lowest BCUT2D eigenvalue weighted by Crippen LogP contribution is -2.57. The van der Waals surface area contributed by atoms with Crippen LogP contribution < -0.4 is 5.32 Å². The molecule has 1 aliphatic rings. The van der Waals surface area contributed by atoms with Gasteiger partial charge in [0.2, 0.25) is 0 Å². The second-order valence-electron chi connectivity index (χ2n) is 4.87. The Hall–Kier alpha value is -1.16. The van der Waals surface area contributed by atoms with Gasteiger partial charge in [0.25, 0.3) is 0 Å². The van der Waals surface area contributed by atoms with E-state index in [1.54, 1.807) is 0 Å². The minimum atomic E-state index is -0.861. The molecule has 88 valence electrons. The van der Waals surface area contributed by atoms with E-state index in [1.807, 2.05) is 13.8 Å². The molecule has 1 saturated carbocycles. The van der Waals surface area contributed by atoms with E-state index >= 15 is 0 Å².